The number of nitrogens with one attached hydrogen (secondary N) is 1. The van der Waals surface area contributed by atoms with Gasteiger partial charge in [-0.15, -0.1) is 0 Å². The Kier molecular flexibility index (Phi) is 5.12. The normalized spacial score (nSPS) is 16.4. The standard InChI is InChI=1S/C14H20N2O2S2/c15-14(19)13-7-5-12(6-8-13)10-20(17,18)16-9-11-3-1-2-4-11/h5-8,11,16H,1-4,9-10H2,(H2,15,19). The maximum absolute atomic E-state index is 12.0. The molecule has 1 aliphatic carbocycles. The zero-order chi connectivity index (χ0) is 14.6. The van der Waals surface area contributed by atoms with E-state index in [0.29, 0.717) is 17.5 Å². The van der Waals surface area contributed by atoms with Crippen molar-refractivity contribution in [2.24, 2.45) is 11.7 Å². The van der Waals surface area contributed by atoms with E-state index in [4.69, 9.17) is 18.0 Å². The monoisotopic (exact) mass is 312 g/mol. The zero-order valence-electron chi connectivity index (χ0n) is 11.3. The Bertz CT molecular complexity index is 561. The number of sulfonamides is 1. The van der Waals surface area contributed by atoms with Gasteiger partial charge in [-0.2, -0.15) is 0 Å². The molecule has 1 fully saturated rings. The van der Waals surface area contributed by atoms with Crippen LogP contribution in [0, 0.1) is 5.92 Å². The molecule has 1 aliphatic rings. The van der Waals surface area contributed by atoms with E-state index in [0.717, 1.165) is 24.0 Å². The van der Waals surface area contributed by atoms with Crippen LogP contribution >= 0.6 is 12.2 Å². The fraction of sp³-hybridized carbons (Fsp3) is 0.500. The highest BCUT2D eigenvalue weighted by Crippen LogP contribution is 2.24. The summed E-state index contributed by atoms with van der Waals surface area (Å²) in [5, 5.41) is 0. The number of hydrogen-bond donors (Lipinski definition) is 2. The molecule has 1 saturated carbocycles. The molecule has 3 N–H and O–H groups in total. The van der Waals surface area contributed by atoms with Crippen LogP contribution < -0.4 is 10.5 Å². The van der Waals surface area contributed by atoms with E-state index in [1.165, 1.54) is 12.8 Å². The van der Waals surface area contributed by atoms with E-state index in [-0.39, 0.29) is 5.75 Å². The molecule has 0 aromatic heterocycles. The summed E-state index contributed by atoms with van der Waals surface area (Å²) in [7, 11) is -3.27. The minimum Gasteiger partial charge on any atom is -0.389 e. The molecule has 0 saturated heterocycles. The Balaban J connectivity index is 1.91. The predicted octanol–water partition coefficient (Wildman–Crippen LogP) is 1.93. The van der Waals surface area contributed by atoms with Crippen molar-refractivity contribution in [3.05, 3.63) is 35.4 Å². The fourth-order valence-electron chi connectivity index (χ4n) is 2.49. The highest BCUT2D eigenvalue weighted by Gasteiger charge is 2.18. The molecule has 0 radical (unpaired) electrons. The Hall–Kier alpha value is -0.980. The van der Waals surface area contributed by atoms with Crippen LogP contribution in [0.15, 0.2) is 24.3 Å². The molecule has 2 rings (SSSR count). The van der Waals surface area contributed by atoms with Crippen LogP contribution in [0.2, 0.25) is 0 Å². The van der Waals surface area contributed by atoms with Gasteiger partial charge in [0.1, 0.15) is 4.99 Å². The van der Waals surface area contributed by atoms with Gasteiger partial charge in [-0.05, 0) is 24.3 Å². The molecule has 1 aromatic carbocycles. The highest BCUT2D eigenvalue weighted by atomic mass is 32.2. The summed E-state index contributed by atoms with van der Waals surface area (Å²) >= 11 is 4.87. The van der Waals surface area contributed by atoms with Crippen LogP contribution in [0.3, 0.4) is 0 Å². The molecule has 1 aromatic rings. The summed E-state index contributed by atoms with van der Waals surface area (Å²) in [5.41, 5.74) is 7.00. The van der Waals surface area contributed by atoms with Gasteiger partial charge in [0.2, 0.25) is 10.0 Å². The number of rotatable bonds is 6. The molecule has 6 heteroatoms. The Labute approximate surface area is 125 Å². The first-order valence-electron chi connectivity index (χ1n) is 6.82. The van der Waals surface area contributed by atoms with E-state index in [1.807, 2.05) is 0 Å². The minimum absolute atomic E-state index is 0.00265. The minimum atomic E-state index is -3.27. The van der Waals surface area contributed by atoms with E-state index in [1.54, 1.807) is 24.3 Å². The second-order valence-corrected chi connectivity index (χ2v) is 7.57. The van der Waals surface area contributed by atoms with Gasteiger partial charge in [0, 0.05) is 12.1 Å². The van der Waals surface area contributed by atoms with Crippen molar-refractivity contribution in [3.8, 4) is 0 Å². The molecule has 4 nitrogen and oxygen atoms in total. The lowest BCUT2D eigenvalue weighted by Crippen LogP contribution is -2.29. The maximum atomic E-state index is 12.0. The van der Waals surface area contributed by atoms with E-state index >= 15 is 0 Å². The first kappa shape index (κ1) is 15.4. The third-order valence-electron chi connectivity index (χ3n) is 3.66. The molecule has 0 aliphatic heterocycles. The SMILES string of the molecule is NC(=S)c1ccc(CS(=O)(=O)NCC2CCCC2)cc1. The van der Waals surface area contributed by atoms with Crippen LogP contribution in [0.1, 0.15) is 36.8 Å². The topological polar surface area (TPSA) is 72.2 Å². The van der Waals surface area contributed by atoms with Gasteiger partial charge in [0.25, 0.3) is 0 Å². The lowest BCUT2D eigenvalue weighted by Gasteiger charge is -2.11. The van der Waals surface area contributed by atoms with Crippen molar-refractivity contribution < 1.29 is 8.42 Å². The molecule has 0 atom stereocenters. The second-order valence-electron chi connectivity index (χ2n) is 5.32. The van der Waals surface area contributed by atoms with E-state index in [9.17, 15) is 8.42 Å². The Morgan fingerprint density at radius 3 is 2.40 bits per heavy atom. The molecule has 20 heavy (non-hydrogen) atoms. The van der Waals surface area contributed by atoms with Crippen molar-refractivity contribution in [3.63, 3.8) is 0 Å². The highest BCUT2D eigenvalue weighted by molar-refractivity contribution is 7.88. The van der Waals surface area contributed by atoms with Crippen molar-refractivity contribution >= 4 is 27.2 Å². The number of benzene rings is 1. The predicted molar refractivity (Wildman–Crippen MR) is 84.9 cm³/mol. The molecule has 0 bridgehead atoms. The Morgan fingerprint density at radius 1 is 1.25 bits per heavy atom. The average molecular weight is 312 g/mol. The number of hydrogen-bond acceptors (Lipinski definition) is 3. The van der Waals surface area contributed by atoms with Gasteiger partial charge < -0.3 is 5.73 Å². The summed E-state index contributed by atoms with van der Waals surface area (Å²) in [6.07, 6.45) is 4.69. The number of thiocarbonyl (C=S) groups is 1. The van der Waals surface area contributed by atoms with Gasteiger partial charge in [-0.3, -0.25) is 0 Å². The van der Waals surface area contributed by atoms with Crippen molar-refractivity contribution in [1.29, 1.82) is 0 Å². The lowest BCUT2D eigenvalue weighted by atomic mass is 10.1. The zero-order valence-corrected chi connectivity index (χ0v) is 13.0. The molecular formula is C14H20N2O2S2. The fourth-order valence-corrected chi connectivity index (χ4v) is 3.85. The summed E-state index contributed by atoms with van der Waals surface area (Å²) in [6.45, 7) is 0.563. The third-order valence-corrected chi connectivity index (χ3v) is 5.22. The van der Waals surface area contributed by atoms with Gasteiger partial charge in [-0.25, -0.2) is 13.1 Å². The summed E-state index contributed by atoms with van der Waals surface area (Å²) in [4.78, 5) is 0.318. The molecule has 0 amide bonds. The van der Waals surface area contributed by atoms with E-state index < -0.39 is 10.0 Å². The molecule has 0 unspecified atom stereocenters. The first-order chi connectivity index (χ1) is 9.46. The van der Waals surface area contributed by atoms with Crippen molar-refractivity contribution in [2.75, 3.05) is 6.54 Å². The first-order valence-corrected chi connectivity index (χ1v) is 8.88. The van der Waals surface area contributed by atoms with Crippen molar-refractivity contribution in [2.45, 2.75) is 31.4 Å². The summed E-state index contributed by atoms with van der Waals surface area (Å²) in [6, 6.07) is 7.01. The van der Waals surface area contributed by atoms with Gasteiger partial charge in [-0.1, -0.05) is 49.3 Å². The van der Waals surface area contributed by atoms with Crippen LogP contribution in [0.5, 0.6) is 0 Å². The quantitative estimate of drug-likeness (QED) is 0.787. The summed E-state index contributed by atoms with van der Waals surface area (Å²) < 4.78 is 26.7. The van der Waals surface area contributed by atoms with E-state index in [2.05, 4.69) is 4.72 Å². The van der Waals surface area contributed by atoms with Crippen molar-refractivity contribution in [1.82, 2.24) is 4.72 Å². The number of nitrogens with two attached hydrogens (primary N) is 1. The van der Waals surface area contributed by atoms with Crippen LogP contribution in [-0.4, -0.2) is 20.0 Å². The lowest BCUT2D eigenvalue weighted by molar-refractivity contribution is 0.519. The molecule has 110 valence electrons. The van der Waals surface area contributed by atoms with Gasteiger partial charge in [0.15, 0.2) is 0 Å². The van der Waals surface area contributed by atoms with Crippen LogP contribution in [0.25, 0.3) is 0 Å². The van der Waals surface area contributed by atoms with Gasteiger partial charge >= 0.3 is 0 Å². The molecule has 0 spiro atoms. The average Bonchev–Trinajstić information content (AvgIpc) is 2.90. The van der Waals surface area contributed by atoms with Crippen LogP contribution in [-0.2, 0) is 15.8 Å². The molecule has 0 heterocycles. The third kappa shape index (κ3) is 4.54. The van der Waals surface area contributed by atoms with Gasteiger partial charge in [0.05, 0.1) is 5.75 Å². The largest absolute Gasteiger partial charge is 0.389 e. The maximum Gasteiger partial charge on any atom is 0.215 e. The van der Waals surface area contributed by atoms with Crippen LogP contribution in [0.4, 0.5) is 0 Å². The Morgan fingerprint density at radius 2 is 1.85 bits per heavy atom. The smallest absolute Gasteiger partial charge is 0.215 e. The second kappa shape index (κ2) is 6.65. The molecular weight excluding hydrogens is 292 g/mol. The summed E-state index contributed by atoms with van der Waals surface area (Å²) in [5.74, 6) is 0.499.